The van der Waals surface area contributed by atoms with Gasteiger partial charge in [0.05, 0.1) is 17.6 Å². The lowest BCUT2D eigenvalue weighted by Crippen LogP contribution is -2.09. The van der Waals surface area contributed by atoms with Gasteiger partial charge in [0.15, 0.2) is 6.29 Å². The quantitative estimate of drug-likeness (QED) is 0.733. The summed E-state index contributed by atoms with van der Waals surface area (Å²) in [5, 5.41) is 20.9. The van der Waals surface area contributed by atoms with Crippen LogP contribution < -0.4 is 5.32 Å². The van der Waals surface area contributed by atoms with Crippen molar-refractivity contribution in [2.24, 2.45) is 5.92 Å². The number of carbonyl (C=O) groups excluding carboxylic acids is 1. The van der Waals surface area contributed by atoms with E-state index in [2.05, 4.69) is 11.4 Å². The van der Waals surface area contributed by atoms with Crippen molar-refractivity contribution in [1.29, 1.82) is 5.26 Å². The summed E-state index contributed by atoms with van der Waals surface area (Å²) >= 11 is 0. The van der Waals surface area contributed by atoms with Gasteiger partial charge in [0.25, 0.3) is 0 Å². The molecule has 0 spiro atoms. The predicted molar refractivity (Wildman–Crippen MR) is 56.8 cm³/mol. The van der Waals surface area contributed by atoms with Crippen LogP contribution in [0.5, 0.6) is 5.75 Å². The van der Waals surface area contributed by atoms with Gasteiger partial charge in [0.1, 0.15) is 5.75 Å². The van der Waals surface area contributed by atoms with Crippen molar-refractivity contribution in [2.75, 3.05) is 11.9 Å². The molecule has 1 aromatic rings. The van der Waals surface area contributed by atoms with Crippen LogP contribution in [-0.2, 0) is 0 Å². The average molecular weight is 204 g/mol. The van der Waals surface area contributed by atoms with E-state index in [1.807, 2.05) is 0 Å². The molecule has 0 aromatic heterocycles. The summed E-state index contributed by atoms with van der Waals surface area (Å²) in [6.45, 7) is 2.31. The minimum absolute atomic E-state index is 0.0559. The Labute approximate surface area is 88.2 Å². The Kier molecular flexibility index (Phi) is 3.69. The molecule has 0 heterocycles. The van der Waals surface area contributed by atoms with E-state index in [-0.39, 0.29) is 17.2 Å². The first-order chi connectivity index (χ1) is 7.17. The fourth-order valence-electron chi connectivity index (χ4n) is 1.07. The number of anilines is 1. The number of nitrogens with one attached hydrogen (secondary N) is 1. The van der Waals surface area contributed by atoms with Crippen LogP contribution in [0.3, 0.4) is 0 Å². The van der Waals surface area contributed by atoms with E-state index in [0.717, 1.165) is 0 Å². The SMILES string of the molecule is CC(C#N)CNc1ccc(C=O)c(O)c1. The molecular formula is C11H12N2O2. The van der Waals surface area contributed by atoms with Crippen LogP contribution in [0, 0.1) is 17.2 Å². The van der Waals surface area contributed by atoms with Gasteiger partial charge >= 0.3 is 0 Å². The largest absolute Gasteiger partial charge is 0.507 e. The van der Waals surface area contributed by atoms with Gasteiger partial charge in [-0.2, -0.15) is 5.26 Å². The Morgan fingerprint density at radius 3 is 2.93 bits per heavy atom. The number of phenols is 1. The van der Waals surface area contributed by atoms with E-state index in [0.29, 0.717) is 18.5 Å². The summed E-state index contributed by atoms with van der Waals surface area (Å²) in [7, 11) is 0. The monoisotopic (exact) mass is 204 g/mol. The standard InChI is InChI=1S/C11H12N2O2/c1-8(5-12)6-13-10-3-2-9(7-14)11(15)4-10/h2-4,7-8,13,15H,6H2,1H3. The van der Waals surface area contributed by atoms with Crippen LogP contribution in [0.15, 0.2) is 18.2 Å². The van der Waals surface area contributed by atoms with Crippen molar-refractivity contribution in [3.8, 4) is 11.8 Å². The summed E-state index contributed by atoms with van der Waals surface area (Å²) in [4.78, 5) is 10.4. The summed E-state index contributed by atoms with van der Waals surface area (Å²) in [5.74, 6) is -0.155. The Morgan fingerprint density at radius 1 is 1.67 bits per heavy atom. The van der Waals surface area contributed by atoms with Crippen LogP contribution in [0.25, 0.3) is 0 Å². The minimum Gasteiger partial charge on any atom is -0.507 e. The lowest BCUT2D eigenvalue weighted by molar-refractivity contribution is 0.112. The van der Waals surface area contributed by atoms with E-state index in [4.69, 9.17) is 5.26 Å². The smallest absolute Gasteiger partial charge is 0.153 e. The number of rotatable bonds is 4. The van der Waals surface area contributed by atoms with Crippen LogP contribution in [0.1, 0.15) is 17.3 Å². The highest BCUT2D eigenvalue weighted by molar-refractivity contribution is 5.80. The predicted octanol–water partition coefficient (Wildman–Crippen LogP) is 1.78. The fraction of sp³-hybridized carbons (Fsp3) is 0.273. The second kappa shape index (κ2) is 5.01. The summed E-state index contributed by atoms with van der Waals surface area (Å²) in [5.41, 5.74) is 0.953. The van der Waals surface area contributed by atoms with Crippen LogP contribution >= 0.6 is 0 Å². The molecule has 4 heteroatoms. The lowest BCUT2D eigenvalue weighted by Gasteiger charge is -2.08. The van der Waals surface area contributed by atoms with E-state index in [9.17, 15) is 9.90 Å². The molecule has 0 fully saturated rings. The third-order valence-electron chi connectivity index (χ3n) is 1.99. The molecule has 0 saturated carbocycles. The minimum atomic E-state index is -0.0992. The van der Waals surface area contributed by atoms with Gasteiger partial charge < -0.3 is 10.4 Å². The molecule has 15 heavy (non-hydrogen) atoms. The number of phenolic OH excluding ortho intramolecular Hbond substituents is 1. The molecule has 0 radical (unpaired) electrons. The maximum Gasteiger partial charge on any atom is 0.153 e. The highest BCUT2D eigenvalue weighted by Gasteiger charge is 2.02. The zero-order valence-corrected chi connectivity index (χ0v) is 8.40. The molecule has 2 N–H and O–H groups in total. The van der Waals surface area contributed by atoms with E-state index in [1.165, 1.54) is 12.1 Å². The van der Waals surface area contributed by atoms with Gasteiger partial charge in [-0.1, -0.05) is 0 Å². The highest BCUT2D eigenvalue weighted by atomic mass is 16.3. The molecule has 0 aliphatic rings. The number of hydrogen-bond donors (Lipinski definition) is 2. The molecule has 0 saturated heterocycles. The summed E-state index contributed by atoms with van der Waals surface area (Å²) in [6, 6.07) is 6.77. The highest BCUT2D eigenvalue weighted by Crippen LogP contribution is 2.20. The molecule has 4 nitrogen and oxygen atoms in total. The molecular weight excluding hydrogens is 192 g/mol. The molecule has 0 aliphatic heterocycles. The molecule has 0 aliphatic carbocycles. The zero-order valence-electron chi connectivity index (χ0n) is 8.40. The van der Waals surface area contributed by atoms with Crippen molar-refractivity contribution in [3.63, 3.8) is 0 Å². The number of nitriles is 1. The first-order valence-corrected chi connectivity index (χ1v) is 4.59. The van der Waals surface area contributed by atoms with Gasteiger partial charge in [0.2, 0.25) is 0 Å². The van der Waals surface area contributed by atoms with Gasteiger partial charge in [-0.25, -0.2) is 0 Å². The number of benzene rings is 1. The van der Waals surface area contributed by atoms with Crippen molar-refractivity contribution in [1.82, 2.24) is 0 Å². The van der Waals surface area contributed by atoms with Crippen molar-refractivity contribution < 1.29 is 9.90 Å². The average Bonchev–Trinajstić information content (AvgIpc) is 2.26. The molecule has 78 valence electrons. The van der Waals surface area contributed by atoms with Crippen molar-refractivity contribution in [3.05, 3.63) is 23.8 Å². The first-order valence-electron chi connectivity index (χ1n) is 4.59. The Bertz CT molecular complexity index is 396. The van der Waals surface area contributed by atoms with E-state index < -0.39 is 0 Å². The Balaban J connectivity index is 2.68. The van der Waals surface area contributed by atoms with E-state index in [1.54, 1.807) is 13.0 Å². The lowest BCUT2D eigenvalue weighted by atomic mass is 10.1. The molecule has 0 bridgehead atoms. The number of aldehydes is 1. The van der Waals surface area contributed by atoms with Gasteiger partial charge in [-0.05, 0) is 19.1 Å². The maximum atomic E-state index is 10.4. The summed E-state index contributed by atoms with van der Waals surface area (Å²) < 4.78 is 0. The second-order valence-corrected chi connectivity index (χ2v) is 3.30. The number of hydrogen-bond acceptors (Lipinski definition) is 4. The van der Waals surface area contributed by atoms with Crippen LogP contribution in [-0.4, -0.2) is 17.9 Å². The fourth-order valence-corrected chi connectivity index (χ4v) is 1.07. The third-order valence-corrected chi connectivity index (χ3v) is 1.99. The van der Waals surface area contributed by atoms with Crippen molar-refractivity contribution >= 4 is 12.0 Å². The molecule has 1 rings (SSSR count). The zero-order chi connectivity index (χ0) is 11.3. The van der Waals surface area contributed by atoms with Gasteiger partial charge in [0, 0.05) is 18.3 Å². The molecule has 1 aromatic carbocycles. The Morgan fingerprint density at radius 2 is 2.40 bits per heavy atom. The summed E-state index contributed by atoms with van der Waals surface area (Å²) in [6.07, 6.45) is 0.594. The first kappa shape index (κ1) is 11.1. The molecule has 0 amide bonds. The Hall–Kier alpha value is -2.02. The number of carbonyl (C=O) groups is 1. The number of nitrogens with zero attached hydrogens (tertiary/aromatic N) is 1. The van der Waals surface area contributed by atoms with Crippen LogP contribution in [0.4, 0.5) is 5.69 Å². The van der Waals surface area contributed by atoms with Crippen molar-refractivity contribution in [2.45, 2.75) is 6.92 Å². The van der Waals surface area contributed by atoms with Gasteiger partial charge in [-0.15, -0.1) is 0 Å². The molecule has 1 unspecified atom stereocenters. The maximum absolute atomic E-state index is 10.4. The molecule has 1 atom stereocenters. The number of aromatic hydroxyl groups is 1. The third kappa shape index (κ3) is 2.99. The topological polar surface area (TPSA) is 73.1 Å². The second-order valence-electron chi connectivity index (χ2n) is 3.30. The van der Waals surface area contributed by atoms with Gasteiger partial charge in [-0.3, -0.25) is 4.79 Å². The normalized spacial score (nSPS) is 11.5. The van der Waals surface area contributed by atoms with E-state index >= 15 is 0 Å². The van der Waals surface area contributed by atoms with Crippen LogP contribution in [0.2, 0.25) is 0 Å².